The molecule has 0 aromatic carbocycles. The third-order valence-electron chi connectivity index (χ3n) is 2.72. The molecule has 0 saturated carbocycles. The number of hydrogen-bond donors (Lipinski definition) is 3. The lowest BCUT2D eigenvalue weighted by Crippen LogP contribution is -2.48. The van der Waals surface area contributed by atoms with Gasteiger partial charge >= 0.3 is 5.97 Å². The number of amides is 2. The molecule has 1 rings (SSSR count). The smallest absolute Gasteiger partial charge is 0.326 e. The normalized spacial score (nSPS) is 15.5. The first-order valence-electron chi connectivity index (χ1n) is 6.06. The fourth-order valence-corrected chi connectivity index (χ4v) is 1.63. The van der Waals surface area contributed by atoms with Crippen LogP contribution < -0.4 is 10.6 Å². The predicted molar refractivity (Wildman–Crippen MR) is 69.2 cm³/mol. The molecule has 0 heterocycles. The lowest BCUT2D eigenvalue weighted by Gasteiger charge is -2.18. The van der Waals surface area contributed by atoms with Gasteiger partial charge in [0.2, 0.25) is 11.8 Å². The van der Waals surface area contributed by atoms with Gasteiger partial charge in [0, 0.05) is 0 Å². The number of carbonyl (C=O) groups is 3. The second-order valence-corrected chi connectivity index (χ2v) is 4.64. The van der Waals surface area contributed by atoms with E-state index in [-0.39, 0.29) is 24.3 Å². The topological polar surface area (TPSA) is 95.5 Å². The van der Waals surface area contributed by atoms with Crippen LogP contribution in [0.2, 0.25) is 0 Å². The van der Waals surface area contributed by atoms with E-state index in [0.29, 0.717) is 0 Å². The van der Waals surface area contributed by atoms with Crippen LogP contribution in [0.15, 0.2) is 24.3 Å². The maximum absolute atomic E-state index is 11.6. The van der Waals surface area contributed by atoms with Gasteiger partial charge in [-0.1, -0.05) is 38.2 Å². The molecule has 0 fully saturated rings. The Bertz CT molecular complexity index is 414. The van der Waals surface area contributed by atoms with E-state index in [1.54, 1.807) is 38.2 Å². The summed E-state index contributed by atoms with van der Waals surface area (Å²) in [5.74, 6) is -2.46. The highest BCUT2D eigenvalue weighted by Crippen LogP contribution is 2.08. The van der Waals surface area contributed by atoms with Crippen molar-refractivity contribution < 1.29 is 19.5 Å². The highest BCUT2D eigenvalue weighted by Gasteiger charge is 2.23. The van der Waals surface area contributed by atoms with Crippen LogP contribution in [-0.2, 0) is 14.4 Å². The van der Waals surface area contributed by atoms with Gasteiger partial charge in [-0.2, -0.15) is 0 Å². The summed E-state index contributed by atoms with van der Waals surface area (Å²) in [6.45, 7) is 3.17. The molecule has 3 N–H and O–H groups in total. The largest absolute Gasteiger partial charge is 0.480 e. The van der Waals surface area contributed by atoms with Crippen LogP contribution in [0.3, 0.4) is 0 Å². The SMILES string of the molecule is CC(C)[C@H](NC(=O)CNC(=O)C1C=CC=C1)C(=O)O. The molecule has 0 aliphatic heterocycles. The third-order valence-corrected chi connectivity index (χ3v) is 2.72. The van der Waals surface area contributed by atoms with Crippen LogP contribution in [0.5, 0.6) is 0 Å². The maximum Gasteiger partial charge on any atom is 0.326 e. The van der Waals surface area contributed by atoms with Gasteiger partial charge in [0.15, 0.2) is 0 Å². The number of allylic oxidation sites excluding steroid dienone is 2. The van der Waals surface area contributed by atoms with E-state index in [0.717, 1.165) is 0 Å². The Morgan fingerprint density at radius 2 is 1.79 bits per heavy atom. The average molecular weight is 266 g/mol. The molecule has 6 heteroatoms. The molecule has 1 aliphatic rings. The van der Waals surface area contributed by atoms with Gasteiger partial charge in [0.1, 0.15) is 6.04 Å². The summed E-state index contributed by atoms with van der Waals surface area (Å²) >= 11 is 0. The number of aliphatic carboxylic acids is 1. The van der Waals surface area contributed by atoms with Crippen molar-refractivity contribution in [1.29, 1.82) is 0 Å². The first-order valence-corrected chi connectivity index (χ1v) is 6.06. The van der Waals surface area contributed by atoms with Crippen molar-refractivity contribution >= 4 is 17.8 Å². The summed E-state index contributed by atoms with van der Waals surface area (Å²) in [5.41, 5.74) is 0. The van der Waals surface area contributed by atoms with Gasteiger partial charge < -0.3 is 15.7 Å². The van der Waals surface area contributed by atoms with Crippen LogP contribution >= 0.6 is 0 Å². The number of carbonyl (C=O) groups excluding carboxylic acids is 2. The summed E-state index contributed by atoms with van der Waals surface area (Å²) in [5, 5.41) is 13.8. The number of hydrogen-bond acceptors (Lipinski definition) is 3. The van der Waals surface area contributed by atoms with Crippen molar-refractivity contribution in [3.8, 4) is 0 Å². The molecule has 0 unspecified atom stereocenters. The number of nitrogens with one attached hydrogen (secondary N) is 2. The van der Waals surface area contributed by atoms with Crippen LogP contribution in [0.1, 0.15) is 13.8 Å². The lowest BCUT2D eigenvalue weighted by molar-refractivity contribution is -0.143. The summed E-state index contributed by atoms with van der Waals surface area (Å²) in [6.07, 6.45) is 6.93. The Morgan fingerprint density at radius 3 is 2.26 bits per heavy atom. The van der Waals surface area contributed by atoms with Crippen molar-refractivity contribution in [2.45, 2.75) is 19.9 Å². The zero-order valence-corrected chi connectivity index (χ0v) is 10.9. The Balaban J connectivity index is 2.38. The third kappa shape index (κ3) is 4.57. The predicted octanol–water partition coefficient (Wildman–Crippen LogP) is 0.0702. The highest BCUT2D eigenvalue weighted by atomic mass is 16.4. The van der Waals surface area contributed by atoms with E-state index in [4.69, 9.17) is 5.11 Å². The van der Waals surface area contributed by atoms with Crippen molar-refractivity contribution in [2.75, 3.05) is 6.54 Å². The standard InChI is InChI=1S/C13H18N2O4/c1-8(2)11(13(18)19)15-10(16)7-14-12(17)9-5-3-4-6-9/h3-6,8-9,11H,7H2,1-2H3,(H,14,17)(H,15,16)(H,18,19)/t11-/m0/s1. The van der Waals surface area contributed by atoms with Gasteiger partial charge in [-0.05, 0) is 5.92 Å². The number of carboxylic acid groups (broad SMARTS) is 1. The molecular weight excluding hydrogens is 248 g/mol. The molecule has 0 spiro atoms. The van der Waals surface area contributed by atoms with E-state index < -0.39 is 17.9 Å². The Labute approximate surface area is 111 Å². The van der Waals surface area contributed by atoms with Crippen LogP contribution in [-0.4, -0.2) is 35.5 Å². The molecule has 0 saturated heterocycles. The number of rotatable bonds is 6. The molecule has 1 aliphatic carbocycles. The van der Waals surface area contributed by atoms with E-state index >= 15 is 0 Å². The first kappa shape index (κ1) is 14.9. The van der Waals surface area contributed by atoms with Gasteiger partial charge in [-0.25, -0.2) is 4.79 Å². The molecule has 19 heavy (non-hydrogen) atoms. The molecule has 0 radical (unpaired) electrons. The minimum Gasteiger partial charge on any atom is -0.480 e. The molecule has 0 aromatic rings. The fraction of sp³-hybridized carbons (Fsp3) is 0.462. The fourth-order valence-electron chi connectivity index (χ4n) is 1.63. The van der Waals surface area contributed by atoms with E-state index in [2.05, 4.69) is 10.6 Å². The second kappa shape index (κ2) is 6.72. The quantitative estimate of drug-likeness (QED) is 0.634. The summed E-state index contributed by atoms with van der Waals surface area (Å²) in [6, 6.07) is -0.948. The zero-order chi connectivity index (χ0) is 14.4. The molecule has 0 aromatic heterocycles. The molecule has 2 amide bonds. The van der Waals surface area contributed by atoms with Crippen molar-refractivity contribution in [3.63, 3.8) is 0 Å². The molecule has 0 bridgehead atoms. The summed E-state index contributed by atoms with van der Waals surface area (Å²) in [7, 11) is 0. The van der Waals surface area contributed by atoms with Crippen molar-refractivity contribution in [2.24, 2.45) is 11.8 Å². The minimum absolute atomic E-state index is 0.224. The van der Waals surface area contributed by atoms with E-state index in [1.165, 1.54) is 0 Å². The summed E-state index contributed by atoms with van der Waals surface area (Å²) < 4.78 is 0. The van der Waals surface area contributed by atoms with E-state index in [9.17, 15) is 14.4 Å². The zero-order valence-electron chi connectivity index (χ0n) is 10.9. The maximum atomic E-state index is 11.6. The Hall–Kier alpha value is -2.11. The summed E-state index contributed by atoms with van der Waals surface area (Å²) in [4.78, 5) is 34.1. The van der Waals surface area contributed by atoms with Crippen molar-refractivity contribution in [1.82, 2.24) is 10.6 Å². The van der Waals surface area contributed by atoms with Crippen LogP contribution in [0.4, 0.5) is 0 Å². The molecular formula is C13H18N2O4. The Kier molecular flexibility index (Phi) is 5.29. The van der Waals surface area contributed by atoms with E-state index in [1.807, 2.05) is 0 Å². The van der Waals surface area contributed by atoms with Crippen LogP contribution in [0.25, 0.3) is 0 Å². The van der Waals surface area contributed by atoms with Crippen LogP contribution in [0, 0.1) is 11.8 Å². The second-order valence-electron chi connectivity index (χ2n) is 4.64. The number of carboxylic acids is 1. The molecule has 104 valence electrons. The van der Waals surface area contributed by atoms with Gasteiger partial charge in [0.05, 0.1) is 12.5 Å². The van der Waals surface area contributed by atoms with Gasteiger partial charge in [-0.3, -0.25) is 9.59 Å². The van der Waals surface area contributed by atoms with Gasteiger partial charge in [0.25, 0.3) is 0 Å². The molecule has 6 nitrogen and oxygen atoms in total. The Morgan fingerprint density at radius 1 is 1.21 bits per heavy atom. The first-order chi connectivity index (χ1) is 8.91. The lowest BCUT2D eigenvalue weighted by atomic mass is 10.0. The minimum atomic E-state index is -1.09. The van der Waals surface area contributed by atoms with Gasteiger partial charge in [-0.15, -0.1) is 0 Å². The monoisotopic (exact) mass is 266 g/mol. The highest BCUT2D eigenvalue weighted by molar-refractivity contribution is 5.89. The average Bonchev–Trinajstić information content (AvgIpc) is 2.85. The van der Waals surface area contributed by atoms with Crippen molar-refractivity contribution in [3.05, 3.63) is 24.3 Å². The molecule has 1 atom stereocenters.